The summed E-state index contributed by atoms with van der Waals surface area (Å²) in [4.78, 5) is 6.55. The average Bonchev–Trinajstić information content (AvgIpc) is 2.37. The number of sulfonamides is 1. The maximum Gasteiger partial charge on any atom is 0.211 e. The molecule has 2 unspecified atom stereocenters. The lowest BCUT2D eigenvalue weighted by molar-refractivity contribution is 0.208. The van der Waals surface area contributed by atoms with E-state index < -0.39 is 10.0 Å². The third-order valence-corrected chi connectivity index (χ3v) is 4.89. The van der Waals surface area contributed by atoms with E-state index >= 15 is 0 Å². The Kier molecular flexibility index (Phi) is 9.79. The molecule has 0 saturated carbocycles. The first-order valence-electron chi connectivity index (χ1n) is 7.30. The van der Waals surface area contributed by atoms with Crippen LogP contribution in [-0.4, -0.2) is 58.3 Å². The van der Waals surface area contributed by atoms with Gasteiger partial charge in [0.05, 0.1) is 5.75 Å². The predicted octanol–water partition coefficient (Wildman–Crippen LogP) is 1.10. The molecule has 8 heteroatoms. The second-order valence-electron chi connectivity index (χ2n) is 5.62. The molecule has 0 radical (unpaired) electrons. The third kappa shape index (κ3) is 7.64. The summed E-state index contributed by atoms with van der Waals surface area (Å²) >= 11 is 0. The van der Waals surface area contributed by atoms with Crippen molar-refractivity contribution in [3.8, 4) is 0 Å². The van der Waals surface area contributed by atoms with E-state index in [-0.39, 0.29) is 29.7 Å². The summed E-state index contributed by atoms with van der Waals surface area (Å²) in [5.41, 5.74) is 0. The van der Waals surface area contributed by atoms with Crippen molar-refractivity contribution in [3.63, 3.8) is 0 Å². The normalized spacial score (nSPS) is 23.6. The van der Waals surface area contributed by atoms with Gasteiger partial charge in [0.15, 0.2) is 5.96 Å². The van der Waals surface area contributed by atoms with Gasteiger partial charge in [0.2, 0.25) is 10.0 Å². The molecule has 126 valence electrons. The van der Waals surface area contributed by atoms with Crippen LogP contribution >= 0.6 is 24.0 Å². The zero-order valence-corrected chi connectivity index (χ0v) is 16.6. The van der Waals surface area contributed by atoms with Crippen molar-refractivity contribution in [2.45, 2.75) is 27.2 Å². The molecule has 1 heterocycles. The van der Waals surface area contributed by atoms with Gasteiger partial charge in [-0.1, -0.05) is 13.8 Å². The number of nitrogens with one attached hydrogen (secondary N) is 2. The van der Waals surface area contributed by atoms with E-state index in [1.807, 2.05) is 0 Å². The van der Waals surface area contributed by atoms with Gasteiger partial charge in [-0.15, -0.1) is 24.0 Å². The van der Waals surface area contributed by atoms with Crippen LogP contribution in [0.2, 0.25) is 0 Å². The number of likely N-dealkylation sites (tertiary alicyclic amines) is 1. The molecule has 1 rings (SSSR count). The van der Waals surface area contributed by atoms with Crippen molar-refractivity contribution < 1.29 is 8.42 Å². The molecular weight excluding hydrogens is 403 g/mol. The van der Waals surface area contributed by atoms with Gasteiger partial charge in [-0.2, -0.15) is 0 Å². The molecule has 2 N–H and O–H groups in total. The Bertz CT molecular complexity index is 418. The van der Waals surface area contributed by atoms with Gasteiger partial charge in [-0.3, -0.25) is 4.99 Å². The Morgan fingerprint density at radius 3 is 2.29 bits per heavy atom. The largest absolute Gasteiger partial charge is 0.355 e. The Morgan fingerprint density at radius 2 is 1.81 bits per heavy atom. The fourth-order valence-corrected chi connectivity index (χ4v) is 3.27. The summed E-state index contributed by atoms with van der Waals surface area (Å²) in [6, 6.07) is 0. The van der Waals surface area contributed by atoms with Crippen LogP contribution in [0.5, 0.6) is 0 Å². The Hall–Kier alpha value is -0.0900. The predicted molar refractivity (Wildman–Crippen MR) is 98.8 cm³/mol. The van der Waals surface area contributed by atoms with Crippen molar-refractivity contribution in [1.82, 2.24) is 14.9 Å². The van der Waals surface area contributed by atoms with Gasteiger partial charge >= 0.3 is 0 Å². The van der Waals surface area contributed by atoms with Crippen molar-refractivity contribution in [2.24, 2.45) is 16.8 Å². The van der Waals surface area contributed by atoms with E-state index in [1.165, 1.54) is 6.42 Å². The number of piperidine rings is 1. The number of hydrogen-bond donors (Lipinski definition) is 2. The smallest absolute Gasteiger partial charge is 0.211 e. The number of halogens is 1. The molecule has 0 amide bonds. The molecule has 0 aromatic heterocycles. The highest BCUT2D eigenvalue weighted by molar-refractivity contribution is 14.0. The van der Waals surface area contributed by atoms with Crippen LogP contribution in [0.25, 0.3) is 0 Å². The SMILES string of the molecule is CCS(=O)(=O)NCCNC(=NC)N1CC(C)CC(C)C1.I. The Labute approximate surface area is 146 Å². The van der Waals surface area contributed by atoms with Crippen molar-refractivity contribution in [3.05, 3.63) is 0 Å². The number of rotatable bonds is 5. The number of hydrogen-bond acceptors (Lipinski definition) is 3. The van der Waals surface area contributed by atoms with Crippen LogP contribution in [0.3, 0.4) is 0 Å². The first-order valence-corrected chi connectivity index (χ1v) is 8.96. The summed E-state index contributed by atoms with van der Waals surface area (Å²) in [6.07, 6.45) is 1.25. The maximum atomic E-state index is 11.3. The van der Waals surface area contributed by atoms with Gasteiger partial charge in [0, 0.05) is 33.2 Å². The molecule has 0 aromatic carbocycles. The molecule has 1 aliphatic rings. The molecule has 2 atom stereocenters. The molecule has 1 aliphatic heterocycles. The summed E-state index contributed by atoms with van der Waals surface area (Å²) < 4.78 is 25.2. The lowest BCUT2D eigenvalue weighted by Gasteiger charge is -2.37. The molecular formula is C13H29IN4O2S. The zero-order chi connectivity index (χ0) is 15.2. The average molecular weight is 432 g/mol. The van der Waals surface area contributed by atoms with Gasteiger partial charge in [-0.25, -0.2) is 13.1 Å². The van der Waals surface area contributed by atoms with E-state index in [9.17, 15) is 8.42 Å². The quantitative estimate of drug-likeness (QED) is 0.295. The highest BCUT2D eigenvalue weighted by atomic mass is 127. The van der Waals surface area contributed by atoms with Gasteiger partial charge in [0.25, 0.3) is 0 Å². The molecule has 0 aliphatic carbocycles. The Morgan fingerprint density at radius 1 is 1.24 bits per heavy atom. The Balaban J connectivity index is 0.00000400. The van der Waals surface area contributed by atoms with Crippen LogP contribution in [0.15, 0.2) is 4.99 Å². The third-order valence-electron chi connectivity index (χ3n) is 3.49. The fraction of sp³-hybridized carbons (Fsp3) is 0.923. The minimum absolute atomic E-state index is 0. The molecule has 6 nitrogen and oxygen atoms in total. The molecule has 1 saturated heterocycles. The molecule has 0 bridgehead atoms. The summed E-state index contributed by atoms with van der Waals surface area (Å²) in [5, 5.41) is 3.23. The van der Waals surface area contributed by atoms with Crippen molar-refractivity contribution in [1.29, 1.82) is 0 Å². The van der Waals surface area contributed by atoms with Crippen LogP contribution in [0, 0.1) is 11.8 Å². The van der Waals surface area contributed by atoms with Gasteiger partial charge < -0.3 is 10.2 Å². The van der Waals surface area contributed by atoms with E-state index in [0.29, 0.717) is 24.9 Å². The lowest BCUT2D eigenvalue weighted by atomic mass is 9.92. The minimum atomic E-state index is -3.11. The maximum absolute atomic E-state index is 11.3. The number of guanidine groups is 1. The topological polar surface area (TPSA) is 73.8 Å². The van der Waals surface area contributed by atoms with E-state index in [0.717, 1.165) is 19.0 Å². The first-order chi connectivity index (χ1) is 9.38. The minimum Gasteiger partial charge on any atom is -0.355 e. The van der Waals surface area contributed by atoms with Gasteiger partial charge in [0.1, 0.15) is 0 Å². The summed E-state index contributed by atoms with van der Waals surface area (Å²) in [5.74, 6) is 2.30. The van der Waals surface area contributed by atoms with Crippen molar-refractivity contribution >= 4 is 40.0 Å². The van der Waals surface area contributed by atoms with Crippen LogP contribution < -0.4 is 10.0 Å². The second kappa shape index (κ2) is 9.83. The highest BCUT2D eigenvalue weighted by Gasteiger charge is 2.23. The molecule has 0 aromatic rings. The summed E-state index contributed by atoms with van der Waals surface area (Å²) in [6.45, 7) is 9.08. The van der Waals surface area contributed by atoms with Crippen LogP contribution in [0.1, 0.15) is 27.2 Å². The van der Waals surface area contributed by atoms with E-state index in [4.69, 9.17) is 0 Å². The number of nitrogens with zero attached hydrogens (tertiary/aromatic N) is 2. The lowest BCUT2D eigenvalue weighted by Crippen LogP contribution is -2.49. The second-order valence-corrected chi connectivity index (χ2v) is 7.72. The van der Waals surface area contributed by atoms with E-state index in [1.54, 1.807) is 14.0 Å². The highest BCUT2D eigenvalue weighted by Crippen LogP contribution is 2.20. The first kappa shape index (κ1) is 20.9. The molecule has 21 heavy (non-hydrogen) atoms. The fourth-order valence-electron chi connectivity index (χ4n) is 2.65. The van der Waals surface area contributed by atoms with E-state index in [2.05, 4.69) is 33.8 Å². The summed E-state index contributed by atoms with van der Waals surface area (Å²) in [7, 11) is -1.34. The molecule has 1 fully saturated rings. The monoisotopic (exact) mass is 432 g/mol. The van der Waals surface area contributed by atoms with Crippen LogP contribution in [-0.2, 0) is 10.0 Å². The van der Waals surface area contributed by atoms with Crippen molar-refractivity contribution in [2.75, 3.05) is 39.0 Å². The van der Waals surface area contributed by atoms with Gasteiger partial charge in [-0.05, 0) is 25.2 Å². The molecule has 0 spiro atoms. The standard InChI is InChI=1S/C13H28N4O2S.HI/c1-5-20(18,19)16-7-6-15-13(14-4)17-9-11(2)8-12(3)10-17;/h11-12,16H,5-10H2,1-4H3,(H,14,15);1H. The van der Waals surface area contributed by atoms with Crippen LogP contribution in [0.4, 0.5) is 0 Å². The zero-order valence-electron chi connectivity index (χ0n) is 13.4. The number of aliphatic imine (C=N–C) groups is 1.